The number of halogens is 1. The highest BCUT2D eigenvalue weighted by Crippen LogP contribution is 2.37. The van der Waals surface area contributed by atoms with E-state index in [2.05, 4.69) is 5.32 Å². The van der Waals surface area contributed by atoms with E-state index in [1.807, 2.05) is 43.3 Å². The zero-order valence-corrected chi connectivity index (χ0v) is 15.6. The number of hydrogen-bond donors (Lipinski definition) is 1. The monoisotopic (exact) mass is 377 g/mol. The third-order valence-electron chi connectivity index (χ3n) is 3.74. The highest BCUT2D eigenvalue weighted by atomic mass is 35.5. The standard InChI is InChI=1S/C19H20ClNO3S/c1-13-3-5-15(6-4-13)25-12-18(22)21-11-14-9-16(20)19-17(10-14)23-7-2-8-24-19/h3-6,9-10H,2,7-8,11-12H2,1H3,(H,21,22). The molecule has 3 rings (SSSR count). The SMILES string of the molecule is Cc1ccc(SCC(=O)NCc2cc(Cl)c3c(c2)OCCCO3)cc1. The quantitative estimate of drug-likeness (QED) is 0.792. The van der Waals surface area contributed by atoms with Crippen LogP contribution in [0.3, 0.4) is 0 Å². The van der Waals surface area contributed by atoms with Gasteiger partial charge in [-0.2, -0.15) is 0 Å². The minimum atomic E-state index is -0.0196. The second kappa shape index (κ2) is 8.50. The second-order valence-corrected chi connectivity index (χ2v) is 7.29. The molecule has 4 nitrogen and oxygen atoms in total. The molecule has 2 aromatic rings. The molecule has 0 spiro atoms. The fourth-order valence-electron chi connectivity index (χ4n) is 2.42. The van der Waals surface area contributed by atoms with Gasteiger partial charge in [-0.15, -0.1) is 11.8 Å². The van der Waals surface area contributed by atoms with E-state index >= 15 is 0 Å². The zero-order chi connectivity index (χ0) is 17.6. The maximum atomic E-state index is 12.1. The number of benzene rings is 2. The van der Waals surface area contributed by atoms with Crippen LogP contribution >= 0.6 is 23.4 Å². The van der Waals surface area contributed by atoms with Gasteiger partial charge in [0.2, 0.25) is 5.91 Å². The molecule has 0 radical (unpaired) electrons. The molecule has 1 N–H and O–H groups in total. The molecule has 0 atom stereocenters. The van der Waals surface area contributed by atoms with E-state index in [1.165, 1.54) is 17.3 Å². The molecule has 0 saturated carbocycles. The van der Waals surface area contributed by atoms with E-state index in [0.717, 1.165) is 16.9 Å². The van der Waals surface area contributed by atoms with Crippen LogP contribution in [0.2, 0.25) is 5.02 Å². The number of amides is 1. The van der Waals surface area contributed by atoms with Crippen molar-refractivity contribution in [1.82, 2.24) is 5.32 Å². The number of aryl methyl sites for hydroxylation is 1. The molecule has 6 heteroatoms. The largest absolute Gasteiger partial charge is 0.489 e. The molecular formula is C19H20ClNO3S. The number of rotatable bonds is 5. The Morgan fingerprint density at radius 3 is 2.76 bits per heavy atom. The lowest BCUT2D eigenvalue weighted by Gasteiger charge is -2.12. The number of hydrogen-bond acceptors (Lipinski definition) is 4. The summed E-state index contributed by atoms with van der Waals surface area (Å²) in [6.45, 7) is 3.65. The van der Waals surface area contributed by atoms with Crippen molar-refractivity contribution in [3.05, 3.63) is 52.5 Å². The van der Waals surface area contributed by atoms with Gasteiger partial charge in [0.15, 0.2) is 11.5 Å². The van der Waals surface area contributed by atoms with Crippen LogP contribution in [0.4, 0.5) is 0 Å². The summed E-state index contributed by atoms with van der Waals surface area (Å²) >= 11 is 7.79. The van der Waals surface area contributed by atoms with Gasteiger partial charge in [0, 0.05) is 17.9 Å². The minimum absolute atomic E-state index is 0.0196. The average Bonchev–Trinajstić information content (AvgIpc) is 2.85. The van der Waals surface area contributed by atoms with E-state index < -0.39 is 0 Å². The van der Waals surface area contributed by atoms with Crippen molar-refractivity contribution in [2.24, 2.45) is 0 Å². The topological polar surface area (TPSA) is 47.6 Å². The van der Waals surface area contributed by atoms with Crippen molar-refractivity contribution in [3.63, 3.8) is 0 Å². The average molecular weight is 378 g/mol. The van der Waals surface area contributed by atoms with Gasteiger partial charge in [-0.1, -0.05) is 29.3 Å². The van der Waals surface area contributed by atoms with Crippen molar-refractivity contribution in [3.8, 4) is 11.5 Å². The van der Waals surface area contributed by atoms with E-state index in [0.29, 0.717) is 42.0 Å². The van der Waals surface area contributed by atoms with Crippen molar-refractivity contribution >= 4 is 29.3 Å². The molecule has 1 aliphatic rings. The number of carbonyl (C=O) groups is 1. The molecule has 1 heterocycles. The lowest BCUT2D eigenvalue weighted by Crippen LogP contribution is -2.24. The molecule has 0 fully saturated rings. The summed E-state index contributed by atoms with van der Waals surface area (Å²) in [5, 5.41) is 3.43. The van der Waals surface area contributed by atoms with Crippen LogP contribution in [0, 0.1) is 6.92 Å². The molecule has 1 amide bonds. The van der Waals surface area contributed by atoms with Crippen LogP contribution in [0.5, 0.6) is 11.5 Å². The zero-order valence-electron chi connectivity index (χ0n) is 14.0. The number of thioether (sulfide) groups is 1. The predicted molar refractivity (Wildman–Crippen MR) is 101 cm³/mol. The first kappa shape index (κ1) is 18.0. The Labute approximate surface area is 156 Å². The maximum absolute atomic E-state index is 12.1. The van der Waals surface area contributed by atoms with Crippen LogP contribution in [0.15, 0.2) is 41.3 Å². The van der Waals surface area contributed by atoms with Gasteiger partial charge in [-0.05, 0) is 36.8 Å². The highest BCUT2D eigenvalue weighted by molar-refractivity contribution is 8.00. The third-order valence-corrected chi connectivity index (χ3v) is 5.04. The van der Waals surface area contributed by atoms with E-state index in [1.54, 1.807) is 0 Å². The van der Waals surface area contributed by atoms with Crippen LogP contribution < -0.4 is 14.8 Å². The molecule has 0 aromatic heterocycles. The minimum Gasteiger partial charge on any atom is -0.489 e. The predicted octanol–water partition coefficient (Wildman–Crippen LogP) is 4.22. The number of ether oxygens (including phenoxy) is 2. The lowest BCUT2D eigenvalue weighted by molar-refractivity contribution is -0.118. The van der Waals surface area contributed by atoms with E-state index in [9.17, 15) is 4.79 Å². The molecule has 0 aliphatic carbocycles. The van der Waals surface area contributed by atoms with Gasteiger partial charge < -0.3 is 14.8 Å². The molecular weight excluding hydrogens is 358 g/mol. The fourth-order valence-corrected chi connectivity index (χ4v) is 3.44. The third kappa shape index (κ3) is 5.06. The van der Waals surface area contributed by atoms with E-state index in [4.69, 9.17) is 21.1 Å². The first-order valence-electron chi connectivity index (χ1n) is 8.16. The van der Waals surface area contributed by atoms with Gasteiger partial charge in [0.1, 0.15) is 0 Å². The summed E-state index contributed by atoms with van der Waals surface area (Å²) in [4.78, 5) is 13.1. The normalized spacial score (nSPS) is 13.2. The number of fused-ring (bicyclic) bond motifs is 1. The summed E-state index contributed by atoms with van der Waals surface area (Å²) in [7, 11) is 0. The van der Waals surface area contributed by atoms with Crippen LogP contribution in [-0.2, 0) is 11.3 Å². The van der Waals surface area contributed by atoms with Gasteiger partial charge in [0.05, 0.1) is 24.0 Å². The molecule has 132 valence electrons. The smallest absolute Gasteiger partial charge is 0.230 e. The lowest BCUT2D eigenvalue weighted by atomic mass is 10.2. The molecule has 25 heavy (non-hydrogen) atoms. The molecule has 0 bridgehead atoms. The van der Waals surface area contributed by atoms with Gasteiger partial charge in [0.25, 0.3) is 0 Å². The Bertz CT molecular complexity index is 749. The first-order valence-corrected chi connectivity index (χ1v) is 9.52. The summed E-state index contributed by atoms with van der Waals surface area (Å²) < 4.78 is 11.3. The van der Waals surface area contributed by atoms with Crippen LogP contribution in [0.1, 0.15) is 17.5 Å². The van der Waals surface area contributed by atoms with Crippen molar-refractivity contribution in [2.75, 3.05) is 19.0 Å². The molecule has 1 aliphatic heterocycles. The Balaban J connectivity index is 1.54. The van der Waals surface area contributed by atoms with Gasteiger partial charge >= 0.3 is 0 Å². The Morgan fingerprint density at radius 2 is 1.96 bits per heavy atom. The number of nitrogens with one attached hydrogen (secondary N) is 1. The second-order valence-electron chi connectivity index (χ2n) is 5.83. The van der Waals surface area contributed by atoms with Gasteiger partial charge in [-0.3, -0.25) is 4.79 Å². The molecule has 0 saturated heterocycles. The van der Waals surface area contributed by atoms with Gasteiger partial charge in [-0.25, -0.2) is 0 Å². The van der Waals surface area contributed by atoms with Crippen LogP contribution in [0.25, 0.3) is 0 Å². The number of carbonyl (C=O) groups excluding carboxylic acids is 1. The van der Waals surface area contributed by atoms with Crippen molar-refractivity contribution in [2.45, 2.75) is 24.8 Å². The maximum Gasteiger partial charge on any atom is 0.230 e. The molecule has 0 unspecified atom stereocenters. The summed E-state index contributed by atoms with van der Waals surface area (Å²) in [5.41, 5.74) is 2.10. The Morgan fingerprint density at radius 1 is 1.20 bits per heavy atom. The summed E-state index contributed by atoms with van der Waals surface area (Å²) in [5.74, 6) is 1.59. The Kier molecular flexibility index (Phi) is 6.10. The van der Waals surface area contributed by atoms with Crippen LogP contribution in [-0.4, -0.2) is 24.9 Å². The van der Waals surface area contributed by atoms with E-state index in [-0.39, 0.29) is 5.91 Å². The fraction of sp³-hybridized carbons (Fsp3) is 0.316. The van der Waals surface area contributed by atoms with Crippen molar-refractivity contribution in [1.29, 1.82) is 0 Å². The summed E-state index contributed by atoms with van der Waals surface area (Å²) in [6, 6.07) is 11.8. The first-order chi connectivity index (χ1) is 12.1. The molecule has 2 aromatic carbocycles. The van der Waals surface area contributed by atoms with Crippen molar-refractivity contribution < 1.29 is 14.3 Å². The Hall–Kier alpha value is -1.85. The summed E-state index contributed by atoms with van der Waals surface area (Å²) in [6.07, 6.45) is 0.827. The highest BCUT2D eigenvalue weighted by Gasteiger charge is 2.15.